The molecular weight excluding hydrogens is 319 g/mol. The summed E-state index contributed by atoms with van der Waals surface area (Å²) in [6.07, 6.45) is -4.15. The second-order valence-electron chi connectivity index (χ2n) is 5.30. The van der Waals surface area contributed by atoms with Gasteiger partial charge in [0.1, 0.15) is 6.04 Å². The number of benzene rings is 2. The maximum absolute atomic E-state index is 13.1. The minimum Gasteiger partial charge on any atom is -0.465 e. The van der Waals surface area contributed by atoms with Gasteiger partial charge in [0.25, 0.3) is 0 Å². The number of alkyl halides is 3. The Morgan fingerprint density at radius 3 is 2.33 bits per heavy atom. The van der Waals surface area contributed by atoms with Crippen molar-refractivity contribution in [2.24, 2.45) is 5.73 Å². The van der Waals surface area contributed by atoms with Gasteiger partial charge in [-0.3, -0.25) is 4.79 Å². The molecule has 128 valence electrons. The van der Waals surface area contributed by atoms with E-state index in [-0.39, 0.29) is 18.6 Å². The minimum absolute atomic E-state index is 0.117. The molecule has 0 amide bonds. The molecular formula is C18H18F3NO2. The van der Waals surface area contributed by atoms with Crippen LogP contribution in [0, 0.1) is 0 Å². The third-order valence-corrected chi connectivity index (χ3v) is 3.54. The van der Waals surface area contributed by atoms with E-state index < -0.39 is 23.8 Å². The number of esters is 1. The predicted octanol–water partition coefficient (Wildman–Crippen LogP) is 3.81. The molecule has 3 nitrogen and oxygen atoms in total. The highest BCUT2D eigenvalue weighted by atomic mass is 19.4. The summed E-state index contributed by atoms with van der Waals surface area (Å²) in [6.45, 7) is 1.94. The van der Waals surface area contributed by atoms with E-state index in [2.05, 4.69) is 0 Å². The van der Waals surface area contributed by atoms with Gasteiger partial charge in [0.2, 0.25) is 0 Å². The first-order valence-electron chi connectivity index (χ1n) is 7.50. The van der Waals surface area contributed by atoms with Crippen LogP contribution in [0.4, 0.5) is 13.2 Å². The lowest BCUT2D eigenvalue weighted by Gasteiger charge is -2.14. The molecule has 0 spiro atoms. The number of hydrogen-bond donors (Lipinski definition) is 1. The van der Waals surface area contributed by atoms with Gasteiger partial charge < -0.3 is 10.5 Å². The van der Waals surface area contributed by atoms with Crippen LogP contribution in [0.25, 0.3) is 11.1 Å². The van der Waals surface area contributed by atoms with Gasteiger partial charge in [0.05, 0.1) is 12.2 Å². The van der Waals surface area contributed by atoms with Crippen molar-refractivity contribution in [1.82, 2.24) is 0 Å². The highest BCUT2D eigenvalue weighted by molar-refractivity contribution is 5.76. The zero-order valence-electron chi connectivity index (χ0n) is 13.1. The smallest absolute Gasteiger partial charge is 0.417 e. The lowest BCUT2D eigenvalue weighted by atomic mass is 9.97. The van der Waals surface area contributed by atoms with Crippen molar-refractivity contribution in [3.8, 4) is 11.1 Å². The van der Waals surface area contributed by atoms with Crippen LogP contribution in [-0.4, -0.2) is 18.6 Å². The number of rotatable bonds is 5. The van der Waals surface area contributed by atoms with Gasteiger partial charge in [-0.2, -0.15) is 13.2 Å². The van der Waals surface area contributed by atoms with Crippen LogP contribution in [0.5, 0.6) is 0 Å². The summed E-state index contributed by atoms with van der Waals surface area (Å²) in [7, 11) is 0. The lowest BCUT2D eigenvalue weighted by Crippen LogP contribution is -2.34. The van der Waals surface area contributed by atoms with Gasteiger partial charge in [-0.15, -0.1) is 0 Å². The normalized spacial score (nSPS) is 12.7. The van der Waals surface area contributed by atoms with Gasteiger partial charge in [-0.25, -0.2) is 0 Å². The first-order chi connectivity index (χ1) is 11.3. The SMILES string of the molecule is CCOC(=O)C(N)Cc1ccc(-c2ccccc2C(F)(F)F)cc1. The molecule has 2 aromatic carbocycles. The molecule has 2 rings (SSSR count). The molecule has 24 heavy (non-hydrogen) atoms. The molecule has 0 saturated heterocycles. The monoisotopic (exact) mass is 337 g/mol. The predicted molar refractivity (Wildman–Crippen MR) is 85.2 cm³/mol. The fourth-order valence-corrected chi connectivity index (χ4v) is 2.39. The standard InChI is InChI=1S/C18H18F3NO2/c1-2-24-17(23)16(22)11-12-7-9-13(10-8-12)14-5-3-4-6-15(14)18(19,20)21/h3-10,16H,2,11,22H2,1H3. The average Bonchev–Trinajstić information content (AvgIpc) is 2.55. The summed E-state index contributed by atoms with van der Waals surface area (Å²) < 4.78 is 44.1. The van der Waals surface area contributed by atoms with Gasteiger partial charge in [-0.1, -0.05) is 42.5 Å². The number of carbonyl (C=O) groups excluding carboxylic acids is 1. The van der Waals surface area contributed by atoms with Gasteiger partial charge in [0, 0.05) is 0 Å². The maximum atomic E-state index is 13.1. The fourth-order valence-electron chi connectivity index (χ4n) is 2.39. The van der Waals surface area contributed by atoms with Crippen molar-refractivity contribution >= 4 is 5.97 Å². The Labute approximate surface area is 138 Å². The quantitative estimate of drug-likeness (QED) is 0.844. The molecule has 0 radical (unpaired) electrons. The molecule has 2 aromatic rings. The molecule has 0 aliphatic rings. The van der Waals surface area contributed by atoms with Crippen LogP contribution in [0.2, 0.25) is 0 Å². The Kier molecular flexibility index (Phi) is 5.62. The molecule has 0 aliphatic heterocycles. The Morgan fingerprint density at radius 1 is 1.12 bits per heavy atom. The summed E-state index contributed by atoms with van der Waals surface area (Å²) in [4.78, 5) is 11.5. The molecule has 0 aromatic heterocycles. The largest absolute Gasteiger partial charge is 0.465 e. The van der Waals surface area contributed by atoms with E-state index in [1.165, 1.54) is 12.1 Å². The van der Waals surface area contributed by atoms with E-state index in [0.717, 1.165) is 11.6 Å². The first kappa shape index (κ1) is 18.0. The van der Waals surface area contributed by atoms with E-state index in [1.54, 1.807) is 37.3 Å². The summed E-state index contributed by atoms with van der Waals surface area (Å²) in [6, 6.07) is 11.1. The van der Waals surface area contributed by atoms with E-state index in [1.807, 2.05) is 0 Å². The lowest BCUT2D eigenvalue weighted by molar-refractivity contribution is -0.144. The van der Waals surface area contributed by atoms with Crippen molar-refractivity contribution in [2.45, 2.75) is 25.6 Å². The molecule has 2 N–H and O–H groups in total. The average molecular weight is 337 g/mol. The first-order valence-corrected chi connectivity index (χ1v) is 7.50. The van der Waals surface area contributed by atoms with E-state index in [0.29, 0.717) is 5.56 Å². The van der Waals surface area contributed by atoms with Crippen molar-refractivity contribution in [3.63, 3.8) is 0 Å². The van der Waals surface area contributed by atoms with Crippen molar-refractivity contribution in [3.05, 3.63) is 59.7 Å². The molecule has 0 saturated carbocycles. The molecule has 1 unspecified atom stereocenters. The Balaban J connectivity index is 2.20. The zero-order chi connectivity index (χ0) is 17.7. The van der Waals surface area contributed by atoms with Crippen LogP contribution in [0.15, 0.2) is 48.5 Å². The third kappa shape index (κ3) is 4.35. The second kappa shape index (κ2) is 7.49. The topological polar surface area (TPSA) is 52.3 Å². The molecule has 1 atom stereocenters. The van der Waals surface area contributed by atoms with Crippen LogP contribution < -0.4 is 5.73 Å². The number of nitrogens with two attached hydrogens (primary N) is 1. The van der Waals surface area contributed by atoms with E-state index >= 15 is 0 Å². The van der Waals surface area contributed by atoms with Gasteiger partial charge in [0.15, 0.2) is 0 Å². The summed E-state index contributed by atoms with van der Waals surface area (Å²) >= 11 is 0. The minimum atomic E-state index is -4.42. The summed E-state index contributed by atoms with van der Waals surface area (Å²) in [5.41, 5.74) is 6.39. The third-order valence-electron chi connectivity index (χ3n) is 3.54. The van der Waals surface area contributed by atoms with Crippen molar-refractivity contribution < 1.29 is 22.7 Å². The number of hydrogen-bond acceptors (Lipinski definition) is 3. The fraction of sp³-hybridized carbons (Fsp3) is 0.278. The molecule has 0 fully saturated rings. The Bertz CT molecular complexity index is 696. The summed E-state index contributed by atoms with van der Waals surface area (Å²) in [5.74, 6) is -0.496. The molecule has 0 aliphatic carbocycles. The van der Waals surface area contributed by atoms with Crippen molar-refractivity contribution in [1.29, 1.82) is 0 Å². The maximum Gasteiger partial charge on any atom is 0.417 e. The van der Waals surface area contributed by atoms with Crippen LogP contribution in [-0.2, 0) is 22.1 Å². The number of ether oxygens (including phenoxy) is 1. The van der Waals surface area contributed by atoms with Gasteiger partial charge in [-0.05, 0) is 36.1 Å². The zero-order valence-corrected chi connectivity index (χ0v) is 13.1. The Hall–Kier alpha value is -2.34. The summed E-state index contributed by atoms with van der Waals surface area (Å²) in [5, 5.41) is 0. The van der Waals surface area contributed by atoms with Crippen LogP contribution in [0.3, 0.4) is 0 Å². The number of halogens is 3. The van der Waals surface area contributed by atoms with Crippen LogP contribution in [0.1, 0.15) is 18.1 Å². The van der Waals surface area contributed by atoms with Crippen molar-refractivity contribution in [2.75, 3.05) is 6.61 Å². The highest BCUT2D eigenvalue weighted by Crippen LogP contribution is 2.36. The van der Waals surface area contributed by atoms with E-state index in [9.17, 15) is 18.0 Å². The molecule has 0 bridgehead atoms. The molecule has 6 heteroatoms. The van der Waals surface area contributed by atoms with Gasteiger partial charge >= 0.3 is 12.1 Å². The Morgan fingerprint density at radius 2 is 1.75 bits per heavy atom. The van der Waals surface area contributed by atoms with E-state index in [4.69, 9.17) is 10.5 Å². The van der Waals surface area contributed by atoms with Crippen LogP contribution >= 0.6 is 0 Å². The highest BCUT2D eigenvalue weighted by Gasteiger charge is 2.33. The number of carbonyl (C=O) groups is 1. The molecule has 0 heterocycles. The second-order valence-corrected chi connectivity index (χ2v) is 5.30.